The Balaban J connectivity index is 1.49. The topological polar surface area (TPSA) is 128 Å². The van der Waals surface area contributed by atoms with Gasteiger partial charge in [0, 0.05) is 5.02 Å². The van der Waals surface area contributed by atoms with Crippen LogP contribution in [0.3, 0.4) is 0 Å². The van der Waals surface area contributed by atoms with E-state index in [4.69, 9.17) is 11.6 Å². The predicted molar refractivity (Wildman–Crippen MR) is 128 cm³/mol. The number of aromatic nitrogens is 6. The van der Waals surface area contributed by atoms with Crippen LogP contribution in [0.15, 0.2) is 83.8 Å². The average Bonchev–Trinajstić information content (AvgIpc) is 3.32. The third-order valence-corrected chi connectivity index (χ3v) is 6.43. The van der Waals surface area contributed by atoms with E-state index < -0.39 is 10.0 Å². The van der Waals surface area contributed by atoms with Gasteiger partial charge in [-0.3, -0.25) is 4.72 Å². The predicted octanol–water partition coefficient (Wildman–Crippen LogP) is 3.67. The van der Waals surface area contributed by atoms with Crippen LogP contribution >= 0.6 is 11.6 Å². The van der Waals surface area contributed by atoms with Gasteiger partial charge < -0.3 is 5.32 Å². The molecule has 0 fully saturated rings. The van der Waals surface area contributed by atoms with Gasteiger partial charge in [-0.15, -0.1) is 5.10 Å². The molecule has 0 bridgehead atoms. The first-order valence-corrected chi connectivity index (χ1v) is 12.0. The molecule has 2 N–H and O–H groups in total. The zero-order valence-electron chi connectivity index (χ0n) is 17.5. The summed E-state index contributed by atoms with van der Waals surface area (Å²) in [6.45, 7) is 0.167. The summed E-state index contributed by atoms with van der Waals surface area (Å²) in [4.78, 5) is 9.06. The van der Waals surface area contributed by atoms with E-state index in [1.54, 1.807) is 35.0 Å². The average molecular weight is 493 g/mol. The highest BCUT2D eigenvalue weighted by atomic mass is 35.5. The Bertz CT molecular complexity index is 1570. The van der Waals surface area contributed by atoms with Crippen LogP contribution in [0.25, 0.3) is 16.7 Å². The van der Waals surface area contributed by atoms with Crippen molar-refractivity contribution in [3.8, 4) is 5.69 Å². The molecule has 5 rings (SSSR count). The fourth-order valence-electron chi connectivity index (χ4n) is 3.26. The fourth-order valence-corrected chi connectivity index (χ4v) is 4.57. The number of nitrogens with one attached hydrogen (secondary N) is 2. The quantitative estimate of drug-likeness (QED) is 0.352. The lowest BCUT2D eigenvalue weighted by Crippen LogP contribution is -2.17. The van der Waals surface area contributed by atoms with Crippen molar-refractivity contribution in [1.29, 1.82) is 0 Å². The van der Waals surface area contributed by atoms with Crippen molar-refractivity contribution in [3.63, 3.8) is 0 Å². The van der Waals surface area contributed by atoms with Gasteiger partial charge in [-0.2, -0.15) is 4.68 Å². The zero-order chi connectivity index (χ0) is 23.5. The van der Waals surface area contributed by atoms with Crippen LogP contribution in [0, 0.1) is 0 Å². The first-order chi connectivity index (χ1) is 16.5. The number of tetrazole rings is 1. The summed E-state index contributed by atoms with van der Waals surface area (Å²) < 4.78 is 30.1. The smallest absolute Gasteiger partial charge is 0.263 e. The van der Waals surface area contributed by atoms with Gasteiger partial charge in [0.2, 0.25) is 0 Å². The van der Waals surface area contributed by atoms with E-state index in [1.807, 2.05) is 36.4 Å². The minimum Gasteiger partial charge on any atom is -0.360 e. The number of sulfonamides is 1. The molecule has 3 aromatic carbocycles. The number of nitrogens with zero attached hydrogens (tertiary/aromatic N) is 6. The molecule has 0 aliphatic rings. The lowest BCUT2D eigenvalue weighted by molar-refractivity contribution is 0.601. The van der Waals surface area contributed by atoms with Crippen LogP contribution in [0.5, 0.6) is 0 Å². The molecule has 0 atom stereocenters. The van der Waals surface area contributed by atoms with Gasteiger partial charge >= 0.3 is 0 Å². The molecular weight excluding hydrogens is 476 g/mol. The maximum Gasteiger partial charge on any atom is 0.263 e. The van der Waals surface area contributed by atoms with Crippen molar-refractivity contribution >= 4 is 44.3 Å². The number of fused-ring (bicyclic) bond motifs is 1. The molecular formula is C22H17ClN8O2S. The summed E-state index contributed by atoms with van der Waals surface area (Å²) in [5, 5.41) is 15.3. The Morgan fingerprint density at radius 1 is 0.853 bits per heavy atom. The van der Waals surface area contributed by atoms with Crippen molar-refractivity contribution in [3.05, 3.63) is 89.7 Å². The first-order valence-electron chi connectivity index (χ1n) is 10.1. The Morgan fingerprint density at radius 2 is 1.56 bits per heavy atom. The second-order valence-corrected chi connectivity index (χ2v) is 9.29. The third kappa shape index (κ3) is 4.51. The van der Waals surface area contributed by atoms with Crippen molar-refractivity contribution < 1.29 is 8.42 Å². The van der Waals surface area contributed by atoms with Crippen LogP contribution in [0.4, 0.5) is 11.6 Å². The van der Waals surface area contributed by atoms with Gasteiger partial charge in [0.05, 0.1) is 28.2 Å². The highest BCUT2D eigenvalue weighted by Gasteiger charge is 2.20. The minimum absolute atomic E-state index is 0.00827. The number of halogens is 1. The molecule has 0 aliphatic carbocycles. The molecule has 0 saturated carbocycles. The monoisotopic (exact) mass is 492 g/mol. The molecule has 0 unspecified atom stereocenters. The van der Waals surface area contributed by atoms with Crippen LogP contribution in [0.2, 0.25) is 5.02 Å². The number of para-hydroxylation sites is 3. The van der Waals surface area contributed by atoms with Crippen molar-refractivity contribution in [2.75, 3.05) is 10.0 Å². The van der Waals surface area contributed by atoms with Gasteiger partial charge in [-0.1, -0.05) is 48.0 Å². The van der Waals surface area contributed by atoms with Gasteiger partial charge in [0.25, 0.3) is 10.0 Å². The fraction of sp³-hybridized carbons (Fsp3) is 0.0455. The van der Waals surface area contributed by atoms with Gasteiger partial charge in [-0.25, -0.2) is 18.4 Å². The van der Waals surface area contributed by atoms with E-state index in [0.717, 1.165) is 5.69 Å². The Labute approximate surface area is 199 Å². The van der Waals surface area contributed by atoms with Crippen LogP contribution in [-0.4, -0.2) is 38.6 Å². The number of anilines is 2. The maximum atomic E-state index is 13.0. The summed E-state index contributed by atoms with van der Waals surface area (Å²) >= 11 is 5.98. The van der Waals surface area contributed by atoms with Crippen molar-refractivity contribution in [1.82, 2.24) is 30.2 Å². The Morgan fingerprint density at radius 3 is 2.29 bits per heavy atom. The second-order valence-electron chi connectivity index (χ2n) is 7.17. The van der Waals surface area contributed by atoms with E-state index in [0.29, 0.717) is 21.9 Å². The third-order valence-electron chi connectivity index (χ3n) is 4.86. The highest BCUT2D eigenvalue weighted by molar-refractivity contribution is 7.92. The van der Waals surface area contributed by atoms with Gasteiger partial charge in [0.1, 0.15) is 0 Å². The maximum absolute atomic E-state index is 13.0. The molecule has 0 saturated heterocycles. The minimum atomic E-state index is -3.97. The summed E-state index contributed by atoms with van der Waals surface area (Å²) in [5.74, 6) is 0.772. The lowest BCUT2D eigenvalue weighted by Gasteiger charge is -2.14. The summed E-state index contributed by atoms with van der Waals surface area (Å²) in [6, 6.07) is 22.5. The van der Waals surface area contributed by atoms with E-state index >= 15 is 0 Å². The van der Waals surface area contributed by atoms with E-state index in [9.17, 15) is 8.42 Å². The van der Waals surface area contributed by atoms with Crippen LogP contribution < -0.4 is 10.0 Å². The molecule has 2 heterocycles. The number of hydrogen-bond donors (Lipinski definition) is 2. The molecule has 34 heavy (non-hydrogen) atoms. The molecule has 0 radical (unpaired) electrons. The largest absolute Gasteiger partial charge is 0.360 e. The summed E-state index contributed by atoms with van der Waals surface area (Å²) in [7, 11) is -3.97. The van der Waals surface area contributed by atoms with Gasteiger partial charge in [0.15, 0.2) is 17.5 Å². The molecule has 10 nitrogen and oxygen atoms in total. The molecule has 0 aliphatic heterocycles. The van der Waals surface area contributed by atoms with E-state index in [1.165, 1.54) is 12.1 Å². The molecule has 0 spiro atoms. The van der Waals surface area contributed by atoms with Crippen molar-refractivity contribution in [2.24, 2.45) is 0 Å². The highest BCUT2D eigenvalue weighted by Crippen LogP contribution is 2.25. The molecule has 170 valence electrons. The molecule has 12 heteroatoms. The van der Waals surface area contributed by atoms with Crippen molar-refractivity contribution in [2.45, 2.75) is 11.4 Å². The van der Waals surface area contributed by atoms with Gasteiger partial charge in [-0.05, 0) is 52.9 Å². The number of rotatable bonds is 7. The molecule has 2 aromatic heterocycles. The van der Waals surface area contributed by atoms with E-state index in [2.05, 4.69) is 35.5 Å². The number of benzene rings is 3. The number of hydrogen-bond acceptors (Lipinski definition) is 8. The summed E-state index contributed by atoms with van der Waals surface area (Å²) in [6.07, 6.45) is 0. The SMILES string of the molecule is O=S(=O)(Nc1nc2ccccc2nc1NCc1nnnn1-c1ccccc1)c1cccc(Cl)c1. The van der Waals surface area contributed by atoms with E-state index in [-0.39, 0.29) is 23.1 Å². The van der Waals surface area contributed by atoms with Crippen LogP contribution in [-0.2, 0) is 16.6 Å². The lowest BCUT2D eigenvalue weighted by atomic mass is 10.3. The Hall–Kier alpha value is -4.09. The molecule has 5 aromatic rings. The molecule has 0 amide bonds. The normalized spacial score (nSPS) is 11.4. The standard InChI is InChI=1S/C22H17ClN8O2S/c23-15-7-6-10-17(13-15)34(32,33)28-22-21(25-18-11-4-5-12-19(18)26-22)24-14-20-27-29-30-31(20)16-8-2-1-3-9-16/h1-13H,14H2,(H,24,25)(H,26,28). The first kappa shape index (κ1) is 21.7. The van der Waals surface area contributed by atoms with Crippen LogP contribution in [0.1, 0.15) is 5.82 Å². The Kier molecular flexibility index (Phi) is 5.78. The zero-order valence-corrected chi connectivity index (χ0v) is 19.1. The summed E-state index contributed by atoms with van der Waals surface area (Å²) in [5.41, 5.74) is 1.92. The second kappa shape index (κ2) is 9.04.